The van der Waals surface area contributed by atoms with Crippen LogP contribution in [-0.2, 0) is 11.3 Å². The van der Waals surface area contributed by atoms with Gasteiger partial charge in [-0.25, -0.2) is 0 Å². The number of nitrogens with one attached hydrogen (secondary N) is 1. The Labute approximate surface area is 175 Å². The lowest BCUT2D eigenvalue weighted by Gasteiger charge is -2.30. The van der Waals surface area contributed by atoms with E-state index in [9.17, 15) is 4.79 Å². The highest BCUT2D eigenvalue weighted by molar-refractivity contribution is 14.0. The summed E-state index contributed by atoms with van der Waals surface area (Å²) in [4.78, 5) is 21.4. The summed E-state index contributed by atoms with van der Waals surface area (Å²) in [5, 5.41) is 3.36. The van der Waals surface area contributed by atoms with Gasteiger partial charge in [0.2, 0.25) is 5.91 Å². The first kappa shape index (κ1) is 22.7. The molecule has 0 atom stereocenters. The van der Waals surface area contributed by atoms with Gasteiger partial charge >= 0.3 is 0 Å². The standard InChI is InChI=1S/C20H32N4O.HI/c1-5-21-19(24(4)15-17-11-7-6-8-12-17)22-16-20(13-9-10-14-20)18(25)23(2)3;/h6-8,11-12H,5,9-10,13-16H2,1-4H3,(H,21,22);1H. The topological polar surface area (TPSA) is 47.9 Å². The van der Waals surface area contributed by atoms with Gasteiger partial charge in [-0.3, -0.25) is 9.79 Å². The quantitative estimate of drug-likeness (QED) is 0.393. The number of hydrogen-bond donors (Lipinski definition) is 1. The zero-order valence-corrected chi connectivity index (χ0v) is 18.8. The first-order valence-corrected chi connectivity index (χ1v) is 9.23. The van der Waals surface area contributed by atoms with E-state index in [4.69, 9.17) is 4.99 Å². The van der Waals surface area contributed by atoms with Gasteiger partial charge in [-0.1, -0.05) is 43.2 Å². The van der Waals surface area contributed by atoms with Crippen LogP contribution in [0.5, 0.6) is 0 Å². The van der Waals surface area contributed by atoms with Gasteiger partial charge in [0.25, 0.3) is 0 Å². The summed E-state index contributed by atoms with van der Waals surface area (Å²) < 4.78 is 0. The maximum absolute atomic E-state index is 12.7. The summed E-state index contributed by atoms with van der Waals surface area (Å²) in [6, 6.07) is 10.4. The molecular weight excluding hydrogens is 439 g/mol. The second-order valence-corrected chi connectivity index (χ2v) is 7.20. The molecule has 1 aliphatic carbocycles. The van der Waals surface area contributed by atoms with E-state index in [0.717, 1.165) is 44.7 Å². The average molecular weight is 472 g/mol. The van der Waals surface area contributed by atoms with Crippen LogP contribution in [-0.4, -0.2) is 55.9 Å². The number of rotatable bonds is 6. The minimum Gasteiger partial charge on any atom is -0.357 e. The molecular formula is C20H33IN4O. The number of nitrogens with zero attached hydrogens (tertiary/aromatic N) is 3. The predicted molar refractivity (Wildman–Crippen MR) is 119 cm³/mol. The molecule has 0 heterocycles. The Bertz CT molecular complexity index is 583. The highest BCUT2D eigenvalue weighted by atomic mass is 127. The van der Waals surface area contributed by atoms with Crippen LogP contribution in [0.2, 0.25) is 0 Å². The van der Waals surface area contributed by atoms with Crippen LogP contribution >= 0.6 is 24.0 Å². The smallest absolute Gasteiger partial charge is 0.230 e. The number of guanidine groups is 1. The third kappa shape index (κ3) is 5.86. The molecule has 5 nitrogen and oxygen atoms in total. The fraction of sp³-hybridized carbons (Fsp3) is 0.600. The van der Waals surface area contributed by atoms with Gasteiger partial charge in [-0.15, -0.1) is 24.0 Å². The van der Waals surface area contributed by atoms with Crippen LogP contribution in [0.15, 0.2) is 35.3 Å². The molecule has 0 radical (unpaired) electrons. The molecule has 2 rings (SSSR count). The molecule has 1 aliphatic rings. The van der Waals surface area contributed by atoms with Crippen molar-refractivity contribution in [1.82, 2.24) is 15.1 Å². The van der Waals surface area contributed by atoms with Crippen LogP contribution in [0.3, 0.4) is 0 Å². The number of aliphatic imine (C=N–C) groups is 1. The molecule has 0 aliphatic heterocycles. The molecule has 146 valence electrons. The van der Waals surface area contributed by atoms with E-state index in [2.05, 4.69) is 41.4 Å². The largest absolute Gasteiger partial charge is 0.357 e. The highest BCUT2D eigenvalue weighted by Crippen LogP contribution is 2.39. The zero-order chi connectivity index (χ0) is 18.3. The van der Waals surface area contributed by atoms with Crippen molar-refractivity contribution in [3.05, 3.63) is 35.9 Å². The van der Waals surface area contributed by atoms with E-state index in [1.54, 1.807) is 4.90 Å². The maximum Gasteiger partial charge on any atom is 0.230 e. The normalized spacial score (nSPS) is 15.9. The van der Waals surface area contributed by atoms with Crippen LogP contribution in [0.1, 0.15) is 38.2 Å². The molecule has 1 aromatic carbocycles. The Hall–Kier alpha value is -1.31. The van der Waals surface area contributed by atoms with Gasteiger partial charge in [0.1, 0.15) is 0 Å². The molecule has 0 bridgehead atoms. The predicted octanol–water partition coefficient (Wildman–Crippen LogP) is 3.35. The molecule has 26 heavy (non-hydrogen) atoms. The summed E-state index contributed by atoms with van der Waals surface area (Å²) in [5.41, 5.74) is 0.924. The summed E-state index contributed by atoms with van der Waals surface area (Å²) in [7, 11) is 5.74. The van der Waals surface area contributed by atoms with Crippen molar-refractivity contribution in [2.75, 3.05) is 34.2 Å². The molecule has 1 saturated carbocycles. The average Bonchev–Trinajstić information content (AvgIpc) is 3.08. The Morgan fingerprint density at radius 2 is 1.77 bits per heavy atom. The molecule has 0 spiro atoms. The Kier molecular flexibility index (Phi) is 9.39. The molecule has 1 fully saturated rings. The molecule has 1 N–H and O–H groups in total. The summed E-state index contributed by atoms with van der Waals surface area (Å²) in [6.45, 7) is 4.24. The van der Waals surface area contributed by atoms with Crippen molar-refractivity contribution in [3.63, 3.8) is 0 Å². The number of benzene rings is 1. The lowest BCUT2D eigenvalue weighted by Crippen LogP contribution is -2.43. The van der Waals surface area contributed by atoms with Gasteiger partial charge in [0, 0.05) is 34.2 Å². The molecule has 6 heteroatoms. The van der Waals surface area contributed by atoms with Crippen molar-refractivity contribution < 1.29 is 4.79 Å². The Morgan fingerprint density at radius 1 is 1.15 bits per heavy atom. The van der Waals surface area contributed by atoms with E-state index in [-0.39, 0.29) is 35.3 Å². The van der Waals surface area contributed by atoms with Gasteiger partial charge in [0.15, 0.2) is 5.96 Å². The SMILES string of the molecule is CCNC(=NCC1(C(=O)N(C)C)CCCC1)N(C)Cc1ccccc1.I. The lowest BCUT2D eigenvalue weighted by molar-refractivity contribution is -0.138. The van der Waals surface area contributed by atoms with Gasteiger partial charge in [0.05, 0.1) is 12.0 Å². The molecule has 0 unspecified atom stereocenters. The second kappa shape index (κ2) is 10.7. The second-order valence-electron chi connectivity index (χ2n) is 7.20. The van der Waals surface area contributed by atoms with Crippen LogP contribution in [0.4, 0.5) is 0 Å². The summed E-state index contributed by atoms with van der Waals surface area (Å²) >= 11 is 0. The Balaban J connectivity index is 0.00000338. The van der Waals surface area contributed by atoms with Crippen molar-refractivity contribution >= 4 is 35.8 Å². The summed E-state index contributed by atoms with van der Waals surface area (Å²) in [6.07, 6.45) is 4.11. The lowest BCUT2D eigenvalue weighted by atomic mass is 9.85. The van der Waals surface area contributed by atoms with Crippen LogP contribution in [0.25, 0.3) is 0 Å². The van der Waals surface area contributed by atoms with Gasteiger partial charge in [-0.05, 0) is 25.3 Å². The van der Waals surface area contributed by atoms with E-state index >= 15 is 0 Å². The molecule has 1 aromatic rings. The third-order valence-corrected chi connectivity index (χ3v) is 4.91. The number of amides is 1. The fourth-order valence-corrected chi connectivity index (χ4v) is 3.59. The highest BCUT2D eigenvalue weighted by Gasteiger charge is 2.42. The third-order valence-electron chi connectivity index (χ3n) is 4.91. The fourth-order valence-electron chi connectivity index (χ4n) is 3.59. The van der Waals surface area contributed by atoms with Crippen molar-refractivity contribution in [3.8, 4) is 0 Å². The number of halogens is 1. The molecule has 0 aromatic heterocycles. The monoisotopic (exact) mass is 472 g/mol. The van der Waals surface area contributed by atoms with Crippen molar-refractivity contribution in [2.24, 2.45) is 10.4 Å². The maximum atomic E-state index is 12.7. The van der Waals surface area contributed by atoms with E-state index < -0.39 is 0 Å². The van der Waals surface area contributed by atoms with Crippen LogP contribution in [0, 0.1) is 5.41 Å². The van der Waals surface area contributed by atoms with E-state index in [1.165, 1.54) is 5.56 Å². The first-order chi connectivity index (χ1) is 12.0. The summed E-state index contributed by atoms with van der Waals surface area (Å²) in [5.74, 6) is 1.08. The van der Waals surface area contributed by atoms with E-state index in [0.29, 0.717) is 6.54 Å². The molecule has 1 amide bonds. The van der Waals surface area contributed by atoms with Crippen molar-refractivity contribution in [1.29, 1.82) is 0 Å². The minimum absolute atomic E-state index is 0. The number of carbonyl (C=O) groups is 1. The van der Waals surface area contributed by atoms with Gasteiger partial charge < -0.3 is 15.1 Å². The minimum atomic E-state index is -0.322. The molecule has 0 saturated heterocycles. The first-order valence-electron chi connectivity index (χ1n) is 9.23. The van der Waals surface area contributed by atoms with Gasteiger partial charge in [-0.2, -0.15) is 0 Å². The van der Waals surface area contributed by atoms with E-state index in [1.807, 2.05) is 27.2 Å². The van der Waals surface area contributed by atoms with Crippen molar-refractivity contribution in [2.45, 2.75) is 39.2 Å². The van der Waals surface area contributed by atoms with Crippen LogP contribution < -0.4 is 5.32 Å². The number of carbonyl (C=O) groups excluding carboxylic acids is 1. The zero-order valence-electron chi connectivity index (χ0n) is 16.5. The number of hydrogen-bond acceptors (Lipinski definition) is 2. The Morgan fingerprint density at radius 3 is 2.31 bits per heavy atom.